The zero-order chi connectivity index (χ0) is 12.8. The Bertz CT molecular complexity index is 554. The molecule has 0 aliphatic carbocycles. The summed E-state index contributed by atoms with van der Waals surface area (Å²) in [5, 5.41) is 7.48. The number of nitrogens with zero attached hydrogens (tertiary/aromatic N) is 2. The largest absolute Gasteiger partial charge is 0.481 e. The molecule has 0 spiro atoms. The molecular weight excluding hydrogens is 226 g/mol. The summed E-state index contributed by atoms with van der Waals surface area (Å²) in [4.78, 5) is 0. The Hall–Kier alpha value is -2.41. The highest BCUT2D eigenvalue weighted by Gasteiger charge is 2.03. The van der Waals surface area contributed by atoms with Gasteiger partial charge in [0, 0.05) is 31.4 Å². The number of anilines is 1. The number of hydrogen-bond donors (Lipinski definition) is 1. The van der Waals surface area contributed by atoms with Crippen molar-refractivity contribution in [1.29, 1.82) is 0 Å². The molecule has 92 valence electrons. The number of benzene rings is 1. The van der Waals surface area contributed by atoms with Crippen molar-refractivity contribution >= 4 is 5.82 Å². The highest BCUT2D eigenvalue weighted by Crippen LogP contribution is 2.18. The Labute approximate surface area is 107 Å². The van der Waals surface area contributed by atoms with Gasteiger partial charge < -0.3 is 10.1 Å². The average Bonchev–Trinajstić information content (AvgIpc) is 2.81. The van der Waals surface area contributed by atoms with Crippen molar-refractivity contribution in [2.45, 2.75) is 6.54 Å². The van der Waals surface area contributed by atoms with Crippen LogP contribution in [-0.4, -0.2) is 16.4 Å². The molecular formula is C14H15N3O. The molecule has 1 heterocycles. The van der Waals surface area contributed by atoms with Gasteiger partial charge in [-0.05, 0) is 6.07 Å². The van der Waals surface area contributed by atoms with E-state index in [2.05, 4.69) is 16.3 Å². The molecule has 0 unspecified atom stereocenters. The molecule has 2 aromatic rings. The van der Waals surface area contributed by atoms with Crippen LogP contribution in [0.1, 0.15) is 5.56 Å². The summed E-state index contributed by atoms with van der Waals surface area (Å²) in [7, 11) is 1.88. The predicted molar refractivity (Wildman–Crippen MR) is 71.3 cm³/mol. The van der Waals surface area contributed by atoms with E-state index in [4.69, 9.17) is 11.2 Å². The molecule has 4 nitrogen and oxygen atoms in total. The van der Waals surface area contributed by atoms with Crippen LogP contribution in [0.15, 0.2) is 36.5 Å². The molecule has 0 amide bonds. The number of ether oxygens (including phenoxy) is 1. The first-order valence-corrected chi connectivity index (χ1v) is 5.67. The topological polar surface area (TPSA) is 39.1 Å². The molecule has 0 aliphatic heterocycles. The second-order valence-corrected chi connectivity index (χ2v) is 3.83. The minimum absolute atomic E-state index is 0.278. The van der Waals surface area contributed by atoms with Gasteiger partial charge in [0.25, 0.3) is 0 Å². The molecule has 0 saturated heterocycles. The highest BCUT2D eigenvalue weighted by molar-refractivity contribution is 5.39. The van der Waals surface area contributed by atoms with Crippen molar-refractivity contribution < 1.29 is 4.74 Å². The number of para-hydroxylation sites is 1. The van der Waals surface area contributed by atoms with E-state index in [1.165, 1.54) is 0 Å². The molecule has 0 saturated carbocycles. The van der Waals surface area contributed by atoms with Gasteiger partial charge in [0.15, 0.2) is 0 Å². The summed E-state index contributed by atoms with van der Waals surface area (Å²) in [6.07, 6.45) is 7.08. The number of hydrogen-bond acceptors (Lipinski definition) is 3. The summed E-state index contributed by atoms with van der Waals surface area (Å²) >= 11 is 0. The summed E-state index contributed by atoms with van der Waals surface area (Å²) in [6, 6.07) is 9.73. The zero-order valence-corrected chi connectivity index (χ0v) is 10.3. The fourth-order valence-electron chi connectivity index (χ4n) is 1.61. The van der Waals surface area contributed by atoms with E-state index in [1.807, 2.05) is 43.6 Å². The van der Waals surface area contributed by atoms with Gasteiger partial charge in [0.2, 0.25) is 0 Å². The summed E-state index contributed by atoms with van der Waals surface area (Å²) in [5.41, 5.74) is 1.05. The van der Waals surface area contributed by atoms with Gasteiger partial charge in [-0.15, -0.1) is 6.42 Å². The zero-order valence-electron chi connectivity index (χ0n) is 10.3. The third-order valence-electron chi connectivity index (χ3n) is 2.46. The Morgan fingerprint density at radius 1 is 1.39 bits per heavy atom. The minimum Gasteiger partial charge on any atom is -0.481 e. The number of rotatable bonds is 5. The van der Waals surface area contributed by atoms with Gasteiger partial charge in [-0.2, -0.15) is 5.10 Å². The molecule has 0 bridgehead atoms. The SMILES string of the molecule is C#CCOc1ccccc1CNc1ccn(C)n1. The number of terminal acetylenes is 1. The number of aryl methyl sites for hydroxylation is 1. The van der Waals surface area contributed by atoms with Crippen molar-refractivity contribution in [2.24, 2.45) is 7.05 Å². The molecule has 0 fully saturated rings. The highest BCUT2D eigenvalue weighted by atomic mass is 16.5. The maximum atomic E-state index is 5.48. The van der Waals surface area contributed by atoms with Crippen LogP contribution < -0.4 is 10.1 Å². The van der Waals surface area contributed by atoms with E-state index in [0.717, 1.165) is 17.1 Å². The third kappa shape index (κ3) is 3.05. The van der Waals surface area contributed by atoms with Gasteiger partial charge in [-0.3, -0.25) is 4.68 Å². The molecule has 1 aromatic heterocycles. The standard InChI is InChI=1S/C14H15N3O/c1-3-10-18-13-7-5-4-6-12(13)11-15-14-8-9-17(2)16-14/h1,4-9H,10-11H2,2H3,(H,15,16). The van der Waals surface area contributed by atoms with Crippen LogP contribution >= 0.6 is 0 Å². The molecule has 0 atom stereocenters. The third-order valence-corrected chi connectivity index (χ3v) is 2.46. The average molecular weight is 241 g/mol. The van der Waals surface area contributed by atoms with Crippen LogP contribution in [0, 0.1) is 12.3 Å². The van der Waals surface area contributed by atoms with Crippen LogP contribution in [0.4, 0.5) is 5.82 Å². The van der Waals surface area contributed by atoms with Gasteiger partial charge in [-0.25, -0.2) is 0 Å². The summed E-state index contributed by atoms with van der Waals surface area (Å²) < 4.78 is 7.23. The number of aromatic nitrogens is 2. The van der Waals surface area contributed by atoms with Gasteiger partial charge in [-0.1, -0.05) is 24.1 Å². The molecule has 0 aliphatic rings. The fourth-order valence-corrected chi connectivity index (χ4v) is 1.61. The maximum absolute atomic E-state index is 5.48. The summed E-state index contributed by atoms with van der Waals surface area (Å²) in [5.74, 6) is 4.10. The first-order valence-electron chi connectivity index (χ1n) is 5.67. The van der Waals surface area contributed by atoms with Crippen LogP contribution in [-0.2, 0) is 13.6 Å². The Morgan fingerprint density at radius 2 is 2.22 bits per heavy atom. The van der Waals surface area contributed by atoms with Crippen molar-refractivity contribution in [1.82, 2.24) is 9.78 Å². The second kappa shape index (κ2) is 5.78. The van der Waals surface area contributed by atoms with Crippen molar-refractivity contribution in [3.63, 3.8) is 0 Å². The van der Waals surface area contributed by atoms with Crippen LogP contribution in [0.2, 0.25) is 0 Å². The van der Waals surface area contributed by atoms with Crippen molar-refractivity contribution in [3.05, 3.63) is 42.1 Å². The Morgan fingerprint density at radius 3 is 2.94 bits per heavy atom. The lowest BCUT2D eigenvalue weighted by atomic mass is 10.2. The summed E-state index contributed by atoms with van der Waals surface area (Å²) in [6.45, 7) is 0.929. The van der Waals surface area contributed by atoms with Crippen molar-refractivity contribution in [2.75, 3.05) is 11.9 Å². The van der Waals surface area contributed by atoms with E-state index in [-0.39, 0.29) is 6.61 Å². The van der Waals surface area contributed by atoms with Crippen molar-refractivity contribution in [3.8, 4) is 18.1 Å². The number of nitrogens with one attached hydrogen (secondary N) is 1. The molecule has 18 heavy (non-hydrogen) atoms. The lowest BCUT2D eigenvalue weighted by Gasteiger charge is -2.09. The van der Waals surface area contributed by atoms with E-state index < -0.39 is 0 Å². The first-order chi connectivity index (χ1) is 8.79. The van der Waals surface area contributed by atoms with Gasteiger partial charge in [0.05, 0.1) is 0 Å². The Balaban J connectivity index is 2.02. The quantitative estimate of drug-likeness (QED) is 0.814. The van der Waals surface area contributed by atoms with Gasteiger partial charge in [0.1, 0.15) is 18.2 Å². The van der Waals surface area contributed by atoms with Crippen LogP contribution in [0.25, 0.3) is 0 Å². The maximum Gasteiger partial charge on any atom is 0.148 e. The molecule has 1 N–H and O–H groups in total. The minimum atomic E-state index is 0.278. The second-order valence-electron chi connectivity index (χ2n) is 3.83. The lowest BCUT2D eigenvalue weighted by Crippen LogP contribution is -2.04. The fraction of sp³-hybridized carbons (Fsp3) is 0.214. The molecule has 1 aromatic carbocycles. The smallest absolute Gasteiger partial charge is 0.148 e. The van der Waals surface area contributed by atoms with E-state index in [9.17, 15) is 0 Å². The predicted octanol–water partition coefficient (Wildman–Crippen LogP) is 2.04. The Kier molecular flexibility index (Phi) is 3.87. The normalized spacial score (nSPS) is 9.78. The van der Waals surface area contributed by atoms with Gasteiger partial charge >= 0.3 is 0 Å². The van der Waals surface area contributed by atoms with E-state index >= 15 is 0 Å². The molecule has 4 heteroatoms. The van der Waals surface area contributed by atoms with Crippen LogP contribution in [0.3, 0.4) is 0 Å². The van der Waals surface area contributed by atoms with E-state index in [1.54, 1.807) is 4.68 Å². The first kappa shape index (κ1) is 12.1. The van der Waals surface area contributed by atoms with Crippen LogP contribution in [0.5, 0.6) is 5.75 Å². The molecule has 2 rings (SSSR count). The molecule has 0 radical (unpaired) electrons. The monoisotopic (exact) mass is 241 g/mol. The van der Waals surface area contributed by atoms with E-state index in [0.29, 0.717) is 6.54 Å². The lowest BCUT2D eigenvalue weighted by molar-refractivity contribution is 0.366.